The van der Waals surface area contributed by atoms with Crippen LogP contribution in [0, 0.1) is 6.92 Å². The van der Waals surface area contributed by atoms with Gasteiger partial charge in [-0.1, -0.05) is 81.3 Å². The number of likely N-dealkylation sites (tertiary alicyclic amines) is 1. The lowest BCUT2D eigenvalue weighted by molar-refractivity contribution is 0.0734. The fraction of sp³-hybridized carbons (Fsp3) is 0.474. The van der Waals surface area contributed by atoms with Gasteiger partial charge in [0.05, 0.1) is 35.3 Å². The molecule has 244 valence electrons. The molecule has 1 aliphatic heterocycles. The first-order chi connectivity index (χ1) is 21.7. The molecule has 0 bridgehead atoms. The molecular formula is C38H53ClN4O2. The van der Waals surface area contributed by atoms with Gasteiger partial charge in [0.1, 0.15) is 11.6 Å². The Morgan fingerprint density at radius 1 is 1.02 bits per heavy atom. The molecule has 6 nitrogen and oxygen atoms in total. The number of aromatic nitrogens is 2. The minimum Gasteiger partial charge on any atom is -0.495 e. The van der Waals surface area contributed by atoms with Gasteiger partial charge in [-0.2, -0.15) is 0 Å². The number of benzene rings is 3. The molecule has 0 spiro atoms. The van der Waals surface area contributed by atoms with E-state index in [0.717, 1.165) is 42.8 Å². The lowest BCUT2D eigenvalue weighted by Crippen LogP contribution is -2.37. The minimum absolute atomic E-state index is 0.105. The molecule has 0 aliphatic carbocycles. The monoisotopic (exact) mass is 632 g/mol. The van der Waals surface area contributed by atoms with Gasteiger partial charge in [-0.15, -0.1) is 0 Å². The predicted molar refractivity (Wildman–Crippen MR) is 189 cm³/mol. The molecule has 0 atom stereocenters. The third kappa shape index (κ3) is 9.11. The van der Waals surface area contributed by atoms with Crippen LogP contribution in [-0.4, -0.2) is 51.0 Å². The van der Waals surface area contributed by atoms with E-state index in [1.807, 2.05) is 36.9 Å². The van der Waals surface area contributed by atoms with Crippen LogP contribution in [0.5, 0.6) is 5.75 Å². The van der Waals surface area contributed by atoms with Gasteiger partial charge in [0.2, 0.25) is 0 Å². The molecular weight excluding hydrogens is 580 g/mol. The van der Waals surface area contributed by atoms with Gasteiger partial charge >= 0.3 is 0 Å². The number of unbranched alkanes of at least 4 members (excludes halogenated alkanes) is 1. The van der Waals surface area contributed by atoms with Crippen molar-refractivity contribution in [1.29, 1.82) is 0 Å². The lowest BCUT2D eigenvalue weighted by Gasteiger charge is -2.32. The molecule has 1 aliphatic rings. The quantitative estimate of drug-likeness (QED) is 0.175. The maximum atomic E-state index is 13.3. The average molecular weight is 633 g/mol. The Kier molecular flexibility index (Phi) is 13.9. The van der Waals surface area contributed by atoms with E-state index in [4.69, 9.17) is 21.3 Å². The summed E-state index contributed by atoms with van der Waals surface area (Å²) in [5.41, 5.74) is 5.77. The van der Waals surface area contributed by atoms with Crippen LogP contribution in [0.3, 0.4) is 0 Å². The number of aryl methyl sites for hydroxylation is 2. The van der Waals surface area contributed by atoms with Crippen molar-refractivity contribution in [3.8, 4) is 5.75 Å². The standard InChI is InChI=1S/C22H26ClN3O2.C14H21N.C2H6/c1-4-6-14-25(22(27)16-10-9-13-19(28-3)21(16)23)15-20-24-17-11-7-8-12-18(17)26(20)5-2;1-12-7-4-5-8-13(12)11-15-10-6-9-14(15,2)3;1-2/h7-13H,4-6,14-15H2,1-3H3;4-5,7-8H,6,9-11H2,1-3H3;1-2H3. The highest BCUT2D eigenvalue weighted by atomic mass is 35.5. The van der Waals surface area contributed by atoms with E-state index in [1.165, 1.54) is 30.5 Å². The van der Waals surface area contributed by atoms with E-state index >= 15 is 0 Å². The summed E-state index contributed by atoms with van der Waals surface area (Å²) < 4.78 is 7.43. The van der Waals surface area contributed by atoms with Gasteiger partial charge in [0.15, 0.2) is 0 Å². The Bertz CT molecular complexity index is 1510. The number of carbonyl (C=O) groups is 1. The first kappa shape index (κ1) is 36.1. The normalized spacial score (nSPS) is 13.9. The molecule has 7 heteroatoms. The first-order valence-electron chi connectivity index (χ1n) is 16.6. The number of imidazole rings is 1. The minimum atomic E-state index is -0.105. The first-order valence-corrected chi connectivity index (χ1v) is 16.9. The van der Waals surface area contributed by atoms with E-state index in [9.17, 15) is 4.79 Å². The fourth-order valence-electron chi connectivity index (χ4n) is 5.82. The Hall–Kier alpha value is -3.35. The van der Waals surface area contributed by atoms with Crippen LogP contribution >= 0.6 is 11.6 Å². The van der Waals surface area contributed by atoms with Crippen molar-refractivity contribution in [2.75, 3.05) is 20.2 Å². The molecule has 1 fully saturated rings. The maximum Gasteiger partial charge on any atom is 0.255 e. The van der Waals surface area contributed by atoms with Crippen LogP contribution in [0.4, 0.5) is 0 Å². The number of carbonyl (C=O) groups excluding carboxylic acids is 1. The third-order valence-electron chi connectivity index (χ3n) is 8.56. The summed E-state index contributed by atoms with van der Waals surface area (Å²) in [5, 5.41) is 0.348. The van der Waals surface area contributed by atoms with Gasteiger partial charge in [-0.25, -0.2) is 4.98 Å². The van der Waals surface area contributed by atoms with Crippen molar-refractivity contribution in [2.45, 2.75) is 99.3 Å². The van der Waals surface area contributed by atoms with Crippen molar-refractivity contribution in [2.24, 2.45) is 0 Å². The van der Waals surface area contributed by atoms with Crippen molar-refractivity contribution in [3.63, 3.8) is 0 Å². The molecule has 4 aromatic rings. The zero-order chi connectivity index (χ0) is 33.0. The van der Waals surface area contributed by atoms with E-state index in [1.54, 1.807) is 25.3 Å². The van der Waals surface area contributed by atoms with Gasteiger partial charge in [-0.3, -0.25) is 9.69 Å². The van der Waals surface area contributed by atoms with Crippen LogP contribution in [0.2, 0.25) is 5.02 Å². The summed E-state index contributed by atoms with van der Waals surface area (Å²) in [5.74, 6) is 1.28. The number of hydrogen-bond acceptors (Lipinski definition) is 4. The van der Waals surface area contributed by atoms with E-state index in [0.29, 0.717) is 35.0 Å². The second-order valence-electron chi connectivity index (χ2n) is 11.9. The number of amides is 1. The highest BCUT2D eigenvalue weighted by molar-refractivity contribution is 6.35. The molecule has 45 heavy (non-hydrogen) atoms. The zero-order valence-electron chi connectivity index (χ0n) is 28.7. The van der Waals surface area contributed by atoms with E-state index < -0.39 is 0 Å². The Morgan fingerprint density at radius 3 is 2.38 bits per heavy atom. The van der Waals surface area contributed by atoms with Gasteiger partial charge < -0.3 is 14.2 Å². The number of fused-ring (bicyclic) bond motifs is 1. The van der Waals surface area contributed by atoms with Gasteiger partial charge in [0.25, 0.3) is 5.91 Å². The highest BCUT2D eigenvalue weighted by Crippen LogP contribution is 2.31. The van der Waals surface area contributed by atoms with Crippen LogP contribution in [0.25, 0.3) is 11.0 Å². The lowest BCUT2D eigenvalue weighted by atomic mass is 10.0. The van der Waals surface area contributed by atoms with Crippen LogP contribution in [-0.2, 0) is 19.6 Å². The number of hydrogen-bond donors (Lipinski definition) is 0. The van der Waals surface area contributed by atoms with Crippen molar-refractivity contribution in [1.82, 2.24) is 19.4 Å². The predicted octanol–water partition coefficient (Wildman–Crippen LogP) is 9.56. The van der Waals surface area contributed by atoms with Crippen molar-refractivity contribution >= 4 is 28.5 Å². The number of nitrogens with zero attached hydrogens (tertiary/aromatic N) is 4. The van der Waals surface area contributed by atoms with Crippen LogP contribution in [0.1, 0.15) is 94.5 Å². The Labute approximate surface area is 276 Å². The SMILES string of the molecule is CC.CCCCN(Cc1nc2ccccc2n1CC)C(=O)c1cccc(OC)c1Cl.Cc1ccccc1CN1CCCC1(C)C. The second-order valence-corrected chi connectivity index (χ2v) is 12.3. The largest absolute Gasteiger partial charge is 0.495 e. The third-order valence-corrected chi connectivity index (χ3v) is 8.95. The zero-order valence-corrected chi connectivity index (χ0v) is 29.5. The molecule has 3 aromatic carbocycles. The molecule has 0 unspecified atom stereocenters. The number of halogens is 1. The van der Waals surface area contributed by atoms with Crippen molar-refractivity contribution in [3.05, 3.63) is 94.3 Å². The molecule has 1 aromatic heterocycles. The van der Waals surface area contributed by atoms with Crippen LogP contribution in [0.15, 0.2) is 66.7 Å². The molecule has 0 N–H and O–H groups in total. The summed E-state index contributed by atoms with van der Waals surface area (Å²) in [7, 11) is 1.55. The molecule has 1 saturated heterocycles. The van der Waals surface area contributed by atoms with Crippen LogP contribution < -0.4 is 4.74 Å². The number of rotatable bonds is 10. The topological polar surface area (TPSA) is 50.6 Å². The highest BCUT2D eigenvalue weighted by Gasteiger charge is 2.31. The number of para-hydroxylation sites is 2. The molecule has 5 rings (SSSR count). The van der Waals surface area contributed by atoms with E-state index in [2.05, 4.69) is 74.4 Å². The summed E-state index contributed by atoms with van der Waals surface area (Å²) in [6, 6.07) is 22.1. The molecule has 2 heterocycles. The van der Waals surface area contributed by atoms with Gasteiger partial charge in [0, 0.05) is 25.2 Å². The number of methoxy groups -OCH3 is 1. The molecule has 1 amide bonds. The Balaban J connectivity index is 0.000000273. The summed E-state index contributed by atoms with van der Waals surface area (Å²) in [6.07, 6.45) is 4.59. The summed E-state index contributed by atoms with van der Waals surface area (Å²) in [4.78, 5) is 22.5. The second kappa shape index (κ2) is 17.4. The maximum absolute atomic E-state index is 13.3. The fourth-order valence-corrected chi connectivity index (χ4v) is 6.11. The number of ether oxygens (including phenoxy) is 1. The summed E-state index contributed by atoms with van der Waals surface area (Å²) >= 11 is 6.41. The average Bonchev–Trinajstić information content (AvgIpc) is 3.58. The van der Waals surface area contributed by atoms with Gasteiger partial charge in [-0.05, 0) is 88.9 Å². The Morgan fingerprint density at radius 2 is 1.73 bits per heavy atom. The van der Waals surface area contributed by atoms with Crippen molar-refractivity contribution < 1.29 is 9.53 Å². The molecule has 0 radical (unpaired) electrons. The summed E-state index contributed by atoms with van der Waals surface area (Å²) in [6.45, 7) is 19.4. The smallest absolute Gasteiger partial charge is 0.255 e. The molecule has 0 saturated carbocycles. The van der Waals surface area contributed by atoms with E-state index in [-0.39, 0.29) is 5.91 Å².